The van der Waals surface area contributed by atoms with Gasteiger partial charge in [0.2, 0.25) is 5.91 Å². The number of nitrogens with one attached hydrogen (secondary N) is 2. The number of aromatic nitrogens is 3. The van der Waals surface area contributed by atoms with Gasteiger partial charge in [-0.15, -0.1) is 10.2 Å². The third kappa shape index (κ3) is 6.25. The molecule has 1 atom stereocenters. The molecule has 2 amide bonds. The molecule has 0 spiro atoms. The van der Waals surface area contributed by atoms with Gasteiger partial charge >= 0.3 is 0 Å². The van der Waals surface area contributed by atoms with Crippen molar-refractivity contribution >= 4 is 68.4 Å². The molecule has 11 heteroatoms. The lowest BCUT2D eigenvalue weighted by molar-refractivity contribution is -0.113. The monoisotopic (exact) mass is 555 g/mol. The van der Waals surface area contributed by atoms with Crippen LogP contribution < -0.4 is 10.6 Å². The molecule has 2 N–H and O–H groups in total. The third-order valence-corrected chi connectivity index (χ3v) is 6.67. The first kappa shape index (κ1) is 24.6. The van der Waals surface area contributed by atoms with Gasteiger partial charge < -0.3 is 15.2 Å². The van der Waals surface area contributed by atoms with Crippen molar-refractivity contribution in [2.75, 3.05) is 11.1 Å². The highest BCUT2D eigenvalue weighted by molar-refractivity contribution is 9.10. The van der Waals surface area contributed by atoms with Gasteiger partial charge in [-0.3, -0.25) is 9.59 Å². The van der Waals surface area contributed by atoms with Gasteiger partial charge in [-0.1, -0.05) is 50.9 Å². The number of amides is 2. The fourth-order valence-corrected chi connectivity index (χ4v) is 4.24. The number of thioether (sulfide) groups is 1. The maximum absolute atomic E-state index is 12.6. The van der Waals surface area contributed by atoms with Gasteiger partial charge in [-0.2, -0.15) is 0 Å². The molecule has 0 aliphatic heterocycles. The first-order chi connectivity index (χ1) is 15.3. The van der Waals surface area contributed by atoms with Gasteiger partial charge in [0.1, 0.15) is 0 Å². The summed E-state index contributed by atoms with van der Waals surface area (Å²) in [5, 5.41) is 15.5. The van der Waals surface area contributed by atoms with Crippen molar-refractivity contribution in [1.82, 2.24) is 20.1 Å². The summed E-state index contributed by atoms with van der Waals surface area (Å²) in [7, 11) is 0. The summed E-state index contributed by atoms with van der Waals surface area (Å²) in [4.78, 5) is 24.9. The SMILES string of the molecule is CCn1c(SCC(=O)Nc2ccc(Br)cc2)nnc1[C@H](C)NC(=O)c1ccc(Cl)c(Cl)c1. The average Bonchev–Trinajstić information content (AvgIpc) is 3.19. The molecular weight excluding hydrogens is 537 g/mol. The maximum Gasteiger partial charge on any atom is 0.251 e. The number of carbonyl (C=O) groups is 2. The van der Waals surface area contributed by atoms with Crippen molar-refractivity contribution in [3.8, 4) is 0 Å². The molecule has 1 aromatic heterocycles. The van der Waals surface area contributed by atoms with Crippen LogP contribution >= 0.6 is 50.9 Å². The van der Waals surface area contributed by atoms with Crippen LogP contribution in [-0.2, 0) is 11.3 Å². The van der Waals surface area contributed by atoms with E-state index < -0.39 is 6.04 Å². The van der Waals surface area contributed by atoms with Crippen molar-refractivity contribution in [2.45, 2.75) is 31.6 Å². The average molecular weight is 557 g/mol. The Morgan fingerprint density at radius 1 is 1.12 bits per heavy atom. The molecule has 32 heavy (non-hydrogen) atoms. The second kappa shape index (κ2) is 11.2. The molecule has 3 rings (SSSR count). The van der Waals surface area contributed by atoms with E-state index in [0.717, 1.165) is 10.2 Å². The Morgan fingerprint density at radius 3 is 2.50 bits per heavy atom. The lowest BCUT2D eigenvalue weighted by Crippen LogP contribution is -2.28. The molecule has 7 nitrogen and oxygen atoms in total. The number of anilines is 1. The van der Waals surface area contributed by atoms with E-state index in [4.69, 9.17) is 23.2 Å². The molecule has 0 radical (unpaired) electrons. The summed E-state index contributed by atoms with van der Waals surface area (Å²) >= 11 is 16.6. The van der Waals surface area contributed by atoms with Gasteiger partial charge in [-0.25, -0.2) is 0 Å². The second-order valence-electron chi connectivity index (χ2n) is 6.75. The van der Waals surface area contributed by atoms with Crippen LogP contribution in [0.15, 0.2) is 52.1 Å². The first-order valence-corrected chi connectivity index (χ1v) is 12.2. The van der Waals surface area contributed by atoms with E-state index in [9.17, 15) is 9.59 Å². The number of hydrogen-bond acceptors (Lipinski definition) is 5. The van der Waals surface area contributed by atoms with Crippen LogP contribution in [0.2, 0.25) is 10.0 Å². The first-order valence-electron chi connectivity index (χ1n) is 9.65. The van der Waals surface area contributed by atoms with Crippen molar-refractivity contribution in [3.05, 3.63) is 68.4 Å². The highest BCUT2D eigenvalue weighted by Gasteiger charge is 2.20. The van der Waals surface area contributed by atoms with Crippen molar-refractivity contribution in [3.63, 3.8) is 0 Å². The van der Waals surface area contributed by atoms with Crippen molar-refractivity contribution in [1.29, 1.82) is 0 Å². The van der Waals surface area contributed by atoms with Crippen molar-refractivity contribution < 1.29 is 9.59 Å². The zero-order valence-electron chi connectivity index (χ0n) is 17.2. The largest absolute Gasteiger partial charge is 0.342 e. The minimum Gasteiger partial charge on any atom is -0.342 e. The summed E-state index contributed by atoms with van der Waals surface area (Å²) in [5.74, 6) is 0.324. The zero-order valence-corrected chi connectivity index (χ0v) is 21.1. The van der Waals surface area contributed by atoms with Crippen LogP contribution in [0.3, 0.4) is 0 Å². The predicted molar refractivity (Wildman–Crippen MR) is 132 cm³/mol. The van der Waals surface area contributed by atoms with Crippen LogP contribution in [0.5, 0.6) is 0 Å². The number of nitrogens with zero attached hydrogens (tertiary/aromatic N) is 3. The molecule has 0 fully saturated rings. The smallest absolute Gasteiger partial charge is 0.251 e. The van der Waals surface area contributed by atoms with Gasteiger partial charge in [0, 0.05) is 22.3 Å². The minimum atomic E-state index is -0.407. The topological polar surface area (TPSA) is 88.9 Å². The molecule has 0 bridgehead atoms. The zero-order chi connectivity index (χ0) is 23.3. The fraction of sp³-hybridized carbons (Fsp3) is 0.238. The third-order valence-electron chi connectivity index (χ3n) is 4.44. The van der Waals surface area contributed by atoms with Gasteiger partial charge in [0.15, 0.2) is 11.0 Å². The maximum atomic E-state index is 12.6. The summed E-state index contributed by atoms with van der Waals surface area (Å²) < 4.78 is 2.81. The highest BCUT2D eigenvalue weighted by Crippen LogP contribution is 2.24. The van der Waals surface area contributed by atoms with Crippen LogP contribution in [-0.4, -0.2) is 32.3 Å². The standard InChI is InChI=1S/C21H20BrCl2N5O2S/c1-3-29-19(12(2)25-20(31)13-4-9-16(23)17(24)10-13)27-28-21(29)32-11-18(30)26-15-7-5-14(22)6-8-15/h4-10,12H,3,11H2,1-2H3,(H,25,31)(H,26,30)/t12-/m0/s1. The van der Waals surface area contributed by atoms with E-state index in [1.165, 1.54) is 17.8 Å². The molecule has 0 saturated carbocycles. The van der Waals surface area contributed by atoms with Crippen LogP contribution in [0, 0.1) is 0 Å². The Balaban J connectivity index is 1.62. The van der Waals surface area contributed by atoms with E-state index in [0.29, 0.717) is 33.1 Å². The minimum absolute atomic E-state index is 0.148. The molecule has 0 aliphatic carbocycles. The summed E-state index contributed by atoms with van der Waals surface area (Å²) in [6.07, 6.45) is 0. The van der Waals surface area contributed by atoms with E-state index in [-0.39, 0.29) is 17.6 Å². The molecular formula is C21H20BrCl2N5O2S. The number of benzene rings is 2. The van der Waals surface area contributed by atoms with Crippen molar-refractivity contribution in [2.24, 2.45) is 0 Å². The van der Waals surface area contributed by atoms with E-state index >= 15 is 0 Å². The number of rotatable bonds is 8. The van der Waals surface area contributed by atoms with E-state index in [1.54, 1.807) is 12.1 Å². The summed E-state index contributed by atoms with van der Waals surface area (Å²) in [5.41, 5.74) is 1.11. The lowest BCUT2D eigenvalue weighted by atomic mass is 10.2. The number of carbonyl (C=O) groups excluding carboxylic acids is 2. The van der Waals surface area contributed by atoms with E-state index in [2.05, 4.69) is 36.8 Å². The fourth-order valence-electron chi connectivity index (χ4n) is 2.87. The van der Waals surface area contributed by atoms with Crippen LogP contribution in [0.4, 0.5) is 5.69 Å². The normalized spacial score (nSPS) is 11.8. The summed E-state index contributed by atoms with van der Waals surface area (Å²) in [6.45, 7) is 4.36. The molecule has 0 aliphatic rings. The number of hydrogen-bond donors (Lipinski definition) is 2. The highest BCUT2D eigenvalue weighted by atomic mass is 79.9. The molecule has 168 valence electrons. The van der Waals surface area contributed by atoms with Gasteiger partial charge in [-0.05, 0) is 56.3 Å². The van der Waals surface area contributed by atoms with Crippen LogP contribution in [0.1, 0.15) is 36.1 Å². The quantitative estimate of drug-likeness (QED) is 0.353. The Hall–Kier alpha value is -2.07. The Labute approximate surface area is 208 Å². The Bertz CT molecular complexity index is 1120. The number of halogens is 3. The van der Waals surface area contributed by atoms with Gasteiger partial charge in [0.05, 0.1) is 21.8 Å². The second-order valence-corrected chi connectivity index (χ2v) is 9.43. The Morgan fingerprint density at radius 2 is 1.84 bits per heavy atom. The predicted octanol–water partition coefficient (Wildman–Crippen LogP) is 5.59. The lowest BCUT2D eigenvalue weighted by Gasteiger charge is -2.15. The summed E-state index contributed by atoms with van der Waals surface area (Å²) in [6, 6.07) is 11.6. The molecule has 0 saturated heterocycles. The molecule has 2 aromatic carbocycles. The van der Waals surface area contributed by atoms with Crippen LogP contribution in [0.25, 0.3) is 0 Å². The Kier molecular flexibility index (Phi) is 8.58. The van der Waals surface area contributed by atoms with Gasteiger partial charge in [0.25, 0.3) is 5.91 Å². The molecule has 1 heterocycles. The van der Waals surface area contributed by atoms with E-state index in [1.807, 2.05) is 42.7 Å². The molecule has 0 unspecified atom stereocenters. The molecule has 3 aromatic rings.